The maximum atomic E-state index is 13.7. The van der Waals surface area contributed by atoms with Crippen LogP contribution in [0.5, 0.6) is 0 Å². The van der Waals surface area contributed by atoms with Gasteiger partial charge in [0.05, 0.1) is 0 Å². The summed E-state index contributed by atoms with van der Waals surface area (Å²) in [6, 6.07) is 7.56. The Hall–Kier alpha value is -0.890. The second-order valence-electron chi connectivity index (χ2n) is 5.30. The Balaban J connectivity index is 2.46. The normalized spacial score (nSPS) is 12.6. The van der Waals surface area contributed by atoms with E-state index in [1.807, 2.05) is 12.1 Å². The lowest BCUT2D eigenvalue weighted by atomic mass is 9.99. The SMILES string of the molecule is CCCCCCC(Cc1ccccc1F)NCCC. The van der Waals surface area contributed by atoms with E-state index in [2.05, 4.69) is 19.2 Å². The van der Waals surface area contributed by atoms with Gasteiger partial charge in [-0.15, -0.1) is 0 Å². The van der Waals surface area contributed by atoms with Crippen LogP contribution >= 0.6 is 0 Å². The highest BCUT2D eigenvalue weighted by molar-refractivity contribution is 5.18. The molecule has 0 saturated carbocycles. The summed E-state index contributed by atoms with van der Waals surface area (Å²) in [7, 11) is 0. The second-order valence-corrected chi connectivity index (χ2v) is 5.30. The first-order chi connectivity index (χ1) is 9.27. The van der Waals surface area contributed by atoms with Crippen molar-refractivity contribution in [3.8, 4) is 0 Å². The van der Waals surface area contributed by atoms with Gasteiger partial charge in [0.2, 0.25) is 0 Å². The molecule has 1 aromatic carbocycles. The first-order valence-electron chi connectivity index (χ1n) is 7.74. The summed E-state index contributed by atoms with van der Waals surface area (Å²) in [5, 5.41) is 3.56. The van der Waals surface area contributed by atoms with Crippen LogP contribution in [0.3, 0.4) is 0 Å². The zero-order valence-corrected chi connectivity index (χ0v) is 12.4. The molecule has 1 atom stereocenters. The summed E-state index contributed by atoms with van der Waals surface area (Å²) in [5.41, 5.74) is 0.839. The highest BCUT2D eigenvalue weighted by atomic mass is 19.1. The van der Waals surface area contributed by atoms with Gasteiger partial charge < -0.3 is 5.32 Å². The molecule has 0 aliphatic rings. The zero-order valence-electron chi connectivity index (χ0n) is 12.4. The molecule has 19 heavy (non-hydrogen) atoms. The minimum Gasteiger partial charge on any atom is -0.314 e. The van der Waals surface area contributed by atoms with E-state index in [9.17, 15) is 4.39 Å². The number of benzene rings is 1. The summed E-state index contributed by atoms with van der Waals surface area (Å²) in [6.07, 6.45) is 8.18. The standard InChI is InChI=1S/C17H28FN/c1-3-5-6-7-11-16(19-13-4-2)14-15-10-8-9-12-17(15)18/h8-10,12,16,19H,3-7,11,13-14H2,1-2H3. The third-order valence-corrected chi connectivity index (χ3v) is 3.51. The molecule has 0 aliphatic carbocycles. The summed E-state index contributed by atoms with van der Waals surface area (Å²) in [4.78, 5) is 0. The van der Waals surface area contributed by atoms with E-state index < -0.39 is 0 Å². The molecule has 2 heteroatoms. The van der Waals surface area contributed by atoms with Crippen molar-refractivity contribution in [3.63, 3.8) is 0 Å². The minimum atomic E-state index is -0.0700. The second kappa shape index (κ2) is 9.96. The molecule has 0 spiro atoms. The first kappa shape index (κ1) is 16.2. The number of hydrogen-bond acceptors (Lipinski definition) is 1. The number of hydrogen-bond donors (Lipinski definition) is 1. The van der Waals surface area contributed by atoms with E-state index in [1.54, 1.807) is 12.1 Å². The average molecular weight is 265 g/mol. The van der Waals surface area contributed by atoms with Crippen LogP contribution in [0.4, 0.5) is 4.39 Å². The van der Waals surface area contributed by atoms with Gasteiger partial charge in [0.25, 0.3) is 0 Å². The van der Waals surface area contributed by atoms with Gasteiger partial charge in [0.15, 0.2) is 0 Å². The Kier molecular flexibility index (Phi) is 8.48. The van der Waals surface area contributed by atoms with Crippen LogP contribution in [0.2, 0.25) is 0 Å². The van der Waals surface area contributed by atoms with Crippen molar-refractivity contribution in [2.75, 3.05) is 6.54 Å². The van der Waals surface area contributed by atoms with E-state index in [1.165, 1.54) is 25.7 Å². The Morgan fingerprint density at radius 1 is 1.05 bits per heavy atom. The predicted octanol–water partition coefficient (Wildman–Crippen LogP) is 4.71. The van der Waals surface area contributed by atoms with E-state index in [0.29, 0.717) is 6.04 Å². The lowest BCUT2D eigenvalue weighted by Gasteiger charge is -2.19. The van der Waals surface area contributed by atoms with Gasteiger partial charge in [-0.05, 0) is 37.4 Å². The molecule has 108 valence electrons. The van der Waals surface area contributed by atoms with Gasteiger partial charge in [-0.1, -0.05) is 57.7 Å². The van der Waals surface area contributed by atoms with Crippen molar-refractivity contribution in [2.45, 2.75) is 64.8 Å². The van der Waals surface area contributed by atoms with E-state index in [4.69, 9.17) is 0 Å². The van der Waals surface area contributed by atoms with Crippen LogP contribution in [-0.2, 0) is 6.42 Å². The molecule has 1 rings (SSSR count). The molecule has 0 amide bonds. The van der Waals surface area contributed by atoms with E-state index in [0.717, 1.165) is 31.4 Å². The van der Waals surface area contributed by atoms with Crippen molar-refractivity contribution < 1.29 is 4.39 Å². The van der Waals surface area contributed by atoms with Crippen LogP contribution in [0, 0.1) is 5.82 Å². The van der Waals surface area contributed by atoms with Crippen molar-refractivity contribution >= 4 is 0 Å². The van der Waals surface area contributed by atoms with Gasteiger partial charge in [-0.3, -0.25) is 0 Å². The quantitative estimate of drug-likeness (QED) is 0.604. The fourth-order valence-electron chi connectivity index (χ4n) is 2.37. The molecule has 1 nitrogen and oxygen atoms in total. The molecule has 0 aromatic heterocycles. The van der Waals surface area contributed by atoms with Gasteiger partial charge in [0, 0.05) is 6.04 Å². The molecule has 0 bridgehead atoms. The van der Waals surface area contributed by atoms with E-state index >= 15 is 0 Å². The maximum Gasteiger partial charge on any atom is 0.126 e. The Labute approximate surface area is 117 Å². The number of rotatable bonds is 10. The largest absolute Gasteiger partial charge is 0.314 e. The summed E-state index contributed by atoms with van der Waals surface area (Å²) in [5.74, 6) is -0.0700. The summed E-state index contributed by atoms with van der Waals surface area (Å²) < 4.78 is 13.7. The maximum absolute atomic E-state index is 13.7. The fourth-order valence-corrected chi connectivity index (χ4v) is 2.37. The van der Waals surface area contributed by atoms with Crippen LogP contribution < -0.4 is 5.32 Å². The van der Waals surface area contributed by atoms with Crippen LogP contribution in [0.25, 0.3) is 0 Å². The minimum absolute atomic E-state index is 0.0700. The number of unbranched alkanes of at least 4 members (excludes halogenated alkanes) is 3. The monoisotopic (exact) mass is 265 g/mol. The fraction of sp³-hybridized carbons (Fsp3) is 0.647. The third-order valence-electron chi connectivity index (χ3n) is 3.51. The Morgan fingerprint density at radius 3 is 2.53 bits per heavy atom. The topological polar surface area (TPSA) is 12.0 Å². The number of nitrogens with one attached hydrogen (secondary N) is 1. The van der Waals surface area contributed by atoms with Crippen LogP contribution in [0.1, 0.15) is 57.9 Å². The predicted molar refractivity (Wildman–Crippen MR) is 80.9 cm³/mol. The summed E-state index contributed by atoms with van der Waals surface area (Å²) in [6.45, 7) is 5.42. The smallest absolute Gasteiger partial charge is 0.126 e. The molecular formula is C17H28FN. The molecule has 0 radical (unpaired) electrons. The average Bonchev–Trinajstić information content (AvgIpc) is 2.43. The highest BCUT2D eigenvalue weighted by Crippen LogP contribution is 2.13. The molecule has 1 N–H and O–H groups in total. The van der Waals surface area contributed by atoms with Crippen molar-refractivity contribution in [2.24, 2.45) is 0 Å². The summed E-state index contributed by atoms with van der Waals surface area (Å²) >= 11 is 0. The molecule has 0 heterocycles. The van der Waals surface area contributed by atoms with Crippen LogP contribution in [-0.4, -0.2) is 12.6 Å². The molecule has 0 saturated heterocycles. The molecular weight excluding hydrogens is 237 g/mol. The molecule has 1 unspecified atom stereocenters. The lowest BCUT2D eigenvalue weighted by Crippen LogP contribution is -2.32. The van der Waals surface area contributed by atoms with Crippen molar-refractivity contribution in [3.05, 3.63) is 35.6 Å². The Bertz CT molecular complexity index is 338. The number of halogens is 1. The highest BCUT2D eigenvalue weighted by Gasteiger charge is 2.11. The van der Waals surface area contributed by atoms with Crippen LogP contribution in [0.15, 0.2) is 24.3 Å². The van der Waals surface area contributed by atoms with Gasteiger partial charge in [-0.25, -0.2) is 4.39 Å². The van der Waals surface area contributed by atoms with Crippen molar-refractivity contribution in [1.29, 1.82) is 0 Å². The van der Waals surface area contributed by atoms with E-state index in [-0.39, 0.29) is 5.82 Å². The first-order valence-corrected chi connectivity index (χ1v) is 7.74. The van der Waals surface area contributed by atoms with Crippen molar-refractivity contribution in [1.82, 2.24) is 5.32 Å². The molecule has 1 aromatic rings. The van der Waals surface area contributed by atoms with Gasteiger partial charge in [-0.2, -0.15) is 0 Å². The molecule has 0 aliphatic heterocycles. The zero-order chi connectivity index (χ0) is 13.9. The van der Waals surface area contributed by atoms with Gasteiger partial charge in [0.1, 0.15) is 5.82 Å². The third kappa shape index (κ3) is 6.72. The van der Waals surface area contributed by atoms with Gasteiger partial charge >= 0.3 is 0 Å². The molecule has 0 fully saturated rings. The lowest BCUT2D eigenvalue weighted by molar-refractivity contribution is 0.446. The Morgan fingerprint density at radius 2 is 1.84 bits per heavy atom.